The van der Waals surface area contributed by atoms with Gasteiger partial charge in [0, 0.05) is 36.3 Å². The predicted molar refractivity (Wildman–Crippen MR) is 137 cm³/mol. The molecule has 6 nitrogen and oxygen atoms in total. The van der Waals surface area contributed by atoms with Crippen LogP contribution in [0.5, 0.6) is 5.75 Å². The Kier molecular flexibility index (Phi) is 6.79. The molecule has 2 aromatic rings. The molecule has 6 heteroatoms. The maximum Gasteiger partial charge on any atom is 0.167 e. The van der Waals surface area contributed by atoms with Crippen molar-refractivity contribution in [3.8, 4) is 5.75 Å². The normalized spacial score (nSPS) is 21.6. The van der Waals surface area contributed by atoms with Crippen molar-refractivity contribution in [1.82, 2.24) is 4.90 Å². The van der Waals surface area contributed by atoms with Gasteiger partial charge in [0.25, 0.3) is 0 Å². The average molecular weight is 464 g/mol. The van der Waals surface area contributed by atoms with Crippen molar-refractivity contribution in [2.75, 3.05) is 63.8 Å². The van der Waals surface area contributed by atoms with Crippen LogP contribution in [0.1, 0.15) is 39.9 Å². The molecule has 0 amide bonds. The molecule has 2 aliphatic heterocycles. The van der Waals surface area contributed by atoms with Gasteiger partial charge < -0.3 is 24.6 Å². The number of anilines is 2. The maximum atomic E-state index is 13.4. The third kappa shape index (κ3) is 4.93. The van der Waals surface area contributed by atoms with Crippen LogP contribution in [0.25, 0.3) is 0 Å². The Morgan fingerprint density at radius 2 is 1.82 bits per heavy atom. The van der Waals surface area contributed by atoms with Crippen LogP contribution in [0.4, 0.5) is 11.4 Å². The Hall–Kier alpha value is -2.57. The first-order chi connectivity index (χ1) is 16.5. The van der Waals surface area contributed by atoms with Gasteiger partial charge in [-0.3, -0.25) is 4.79 Å². The number of ketones is 1. The smallest absolute Gasteiger partial charge is 0.167 e. The number of carbonyl (C=O) groups is 1. The zero-order chi connectivity index (χ0) is 23.7. The van der Waals surface area contributed by atoms with Crippen molar-refractivity contribution in [2.45, 2.75) is 38.6 Å². The van der Waals surface area contributed by atoms with Crippen LogP contribution in [-0.4, -0.2) is 70.3 Å². The van der Waals surface area contributed by atoms with E-state index in [4.69, 9.17) is 9.47 Å². The van der Waals surface area contributed by atoms with Crippen molar-refractivity contribution >= 4 is 17.2 Å². The number of hydrogen-bond acceptors (Lipinski definition) is 6. The second-order valence-corrected chi connectivity index (χ2v) is 10.2. The van der Waals surface area contributed by atoms with Crippen LogP contribution >= 0.6 is 0 Å². The van der Waals surface area contributed by atoms with Gasteiger partial charge in [-0.1, -0.05) is 6.07 Å². The van der Waals surface area contributed by atoms with E-state index in [1.54, 1.807) is 7.11 Å². The Balaban J connectivity index is 1.31. The Labute approximate surface area is 203 Å². The molecule has 0 radical (unpaired) electrons. The summed E-state index contributed by atoms with van der Waals surface area (Å²) < 4.78 is 11.2. The molecular weight excluding hydrogens is 426 g/mol. The molecule has 1 N–H and O–H groups in total. The lowest BCUT2D eigenvalue weighted by Crippen LogP contribution is -2.36. The van der Waals surface area contributed by atoms with E-state index in [0.717, 1.165) is 74.8 Å². The van der Waals surface area contributed by atoms with Crippen LogP contribution in [0.2, 0.25) is 0 Å². The van der Waals surface area contributed by atoms with Crippen molar-refractivity contribution in [3.63, 3.8) is 0 Å². The van der Waals surface area contributed by atoms with Crippen LogP contribution in [-0.2, 0) is 17.6 Å². The van der Waals surface area contributed by atoms with E-state index in [0.29, 0.717) is 6.04 Å². The number of methoxy groups -OCH3 is 1. The van der Waals surface area contributed by atoms with Crippen molar-refractivity contribution < 1.29 is 14.3 Å². The summed E-state index contributed by atoms with van der Waals surface area (Å²) in [4.78, 5) is 18.1. The number of nitrogens with zero attached hydrogens (tertiary/aromatic N) is 2. The fourth-order valence-electron chi connectivity index (χ4n) is 5.70. The molecule has 5 rings (SSSR count). The summed E-state index contributed by atoms with van der Waals surface area (Å²) in [5.74, 6) is 1.01. The van der Waals surface area contributed by atoms with E-state index >= 15 is 0 Å². The lowest BCUT2D eigenvalue weighted by Gasteiger charge is -2.30. The Bertz CT molecular complexity index is 1040. The molecule has 2 heterocycles. The predicted octanol–water partition coefficient (Wildman–Crippen LogP) is 3.94. The summed E-state index contributed by atoms with van der Waals surface area (Å²) in [6.07, 6.45) is 3.90. The number of hydrogen-bond donors (Lipinski definition) is 1. The first kappa shape index (κ1) is 23.2. The van der Waals surface area contributed by atoms with Gasteiger partial charge in [-0.15, -0.1) is 0 Å². The highest BCUT2D eigenvalue weighted by atomic mass is 16.5. The van der Waals surface area contributed by atoms with Gasteiger partial charge in [-0.2, -0.15) is 0 Å². The quantitative estimate of drug-likeness (QED) is 0.700. The van der Waals surface area contributed by atoms with Crippen LogP contribution in [0.15, 0.2) is 30.3 Å². The van der Waals surface area contributed by atoms with Gasteiger partial charge >= 0.3 is 0 Å². The lowest BCUT2D eigenvalue weighted by molar-refractivity contribution is 0.0936. The summed E-state index contributed by atoms with van der Waals surface area (Å²) in [7, 11) is 3.88. The number of ether oxygens (including phenoxy) is 2. The number of carbonyl (C=O) groups excluding carboxylic acids is 1. The fraction of sp³-hybridized carbons (Fsp3) is 0.536. The molecule has 0 aromatic heterocycles. The maximum absolute atomic E-state index is 13.4. The van der Waals surface area contributed by atoms with Gasteiger partial charge in [0.15, 0.2) is 5.78 Å². The molecule has 0 bridgehead atoms. The summed E-state index contributed by atoms with van der Waals surface area (Å²) >= 11 is 0. The molecule has 0 saturated carbocycles. The molecule has 0 spiro atoms. The molecular formula is C28H37N3O3. The molecule has 34 heavy (non-hydrogen) atoms. The number of nitrogens with one attached hydrogen (secondary N) is 1. The number of morpholine rings is 1. The second-order valence-electron chi connectivity index (χ2n) is 10.2. The van der Waals surface area contributed by atoms with E-state index in [2.05, 4.69) is 53.4 Å². The van der Waals surface area contributed by atoms with Crippen molar-refractivity contribution in [3.05, 3.63) is 52.6 Å². The van der Waals surface area contributed by atoms with E-state index < -0.39 is 0 Å². The number of aryl methyl sites for hydroxylation is 1. The van der Waals surface area contributed by atoms with Crippen LogP contribution < -0.4 is 15.0 Å². The minimum Gasteiger partial charge on any atom is -0.495 e. The topological polar surface area (TPSA) is 54.0 Å². The fourth-order valence-corrected chi connectivity index (χ4v) is 5.70. The number of Topliss-reactive ketones (excluding diaryl/α,β-unsaturated/α-hetero) is 1. The zero-order valence-electron chi connectivity index (χ0n) is 20.7. The van der Waals surface area contributed by atoms with Gasteiger partial charge in [-0.05, 0) is 93.7 Å². The summed E-state index contributed by atoms with van der Waals surface area (Å²) in [5.41, 5.74) is 6.72. The Morgan fingerprint density at radius 1 is 1.06 bits per heavy atom. The number of fused-ring (bicyclic) bond motifs is 1. The van der Waals surface area contributed by atoms with Crippen molar-refractivity contribution in [2.24, 2.45) is 5.92 Å². The minimum absolute atomic E-state index is 0.0161. The van der Waals surface area contributed by atoms with E-state index in [1.807, 2.05) is 6.07 Å². The molecule has 1 aliphatic carbocycles. The second kappa shape index (κ2) is 9.96. The van der Waals surface area contributed by atoms with Crippen LogP contribution in [0.3, 0.4) is 0 Å². The highest BCUT2D eigenvalue weighted by Crippen LogP contribution is 2.38. The van der Waals surface area contributed by atoms with Gasteiger partial charge in [0.2, 0.25) is 0 Å². The van der Waals surface area contributed by atoms with Gasteiger partial charge in [0.05, 0.1) is 26.0 Å². The lowest BCUT2D eigenvalue weighted by atomic mass is 9.94. The zero-order valence-corrected chi connectivity index (χ0v) is 20.7. The van der Waals surface area contributed by atoms with Gasteiger partial charge in [0.1, 0.15) is 5.75 Å². The monoisotopic (exact) mass is 463 g/mol. The first-order valence-corrected chi connectivity index (χ1v) is 12.6. The summed E-state index contributed by atoms with van der Waals surface area (Å²) in [5, 5.41) is 3.75. The van der Waals surface area contributed by atoms with Crippen LogP contribution in [0, 0.1) is 12.8 Å². The van der Waals surface area contributed by atoms with Gasteiger partial charge in [-0.25, -0.2) is 0 Å². The van der Waals surface area contributed by atoms with E-state index in [1.165, 1.54) is 29.7 Å². The number of rotatable bonds is 6. The summed E-state index contributed by atoms with van der Waals surface area (Å²) in [6.45, 7) is 7.58. The molecule has 182 valence electrons. The molecule has 1 atom stereocenters. The van der Waals surface area contributed by atoms with E-state index in [-0.39, 0.29) is 11.7 Å². The highest BCUT2D eigenvalue weighted by molar-refractivity contribution is 6.03. The third-order valence-corrected chi connectivity index (χ3v) is 7.57. The van der Waals surface area contributed by atoms with Crippen molar-refractivity contribution in [1.29, 1.82) is 0 Å². The molecule has 1 unspecified atom stereocenters. The number of benzene rings is 2. The first-order valence-electron chi connectivity index (χ1n) is 12.6. The van der Waals surface area contributed by atoms with E-state index in [9.17, 15) is 4.79 Å². The highest BCUT2D eigenvalue weighted by Gasteiger charge is 2.33. The number of likely N-dealkylation sites (tertiary alicyclic amines) is 1. The molecule has 2 aromatic carbocycles. The SMILES string of the molecule is COc1cc2c(cc1N1CCOCC1)CC(Cc1cc(C)cc(NC3CCN(C)CC3)c1)C2=O. The Morgan fingerprint density at radius 3 is 2.56 bits per heavy atom. The summed E-state index contributed by atoms with van der Waals surface area (Å²) in [6, 6.07) is 11.4. The minimum atomic E-state index is -0.0161. The number of piperidine rings is 1. The average Bonchev–Trinajstić information content (AvgIpc) is 3.14. The standard InChI is InChI=1S/C28H37N3O3/c1-19-12-20(15-24(13-19)29-23-4-6-30(2)7-5-23)14-22-16-21-17-26(31-8-10-34-11-9-31)27(33-3)18-25(21)28(22)32/h12-13,15,17-18,22-23,29H,4-11,14,16H2,1-3H3. The third-order valence-electron chi connectivity index (χ3n) is 7.57. The molecule has 3 aliphatic rings. The largest absolute Gasteiger partial charge is 0.495 e. The molecule has 2 saturated heterocycles. The molecule has 2 fully saturated rings.